The number of rotatable bonds is 4. The Morgan fingerprint density at radius 1 is 1.19 bits per heavy atom. The first kappa shape index (κ1) is 15.0. The van der Waals surface area contributed by atoms with Crippen molar-refractivity contribution in [2.24, 2.45) is 5.84 Å². The van der Waals surface area contributed by atoms with Crippen LogP contribution < -0.4 is 16.6 Å². The highest BCUT2D eigenvalue weighted by Gasteiger charge is 2.32. The lowest BCUT2D eigenvalue weighted by molar-refractivity contribution is -0.138. The maximum absolute atomic E-state index is 12.9. The van der Waals surface area contributed by atoms with Gasteiger partial charge >= 0.3 is 6.18 Å². The van der Waals surface area contributed by atoms with Crippen molar-refractivity contribution in [1.29, 1.82) is 0 Å². The number of hydrogen-bond donors (Lipinski definition) is 3. The van der Waals surface area contributed by atoms with Gasteiger partial charge in [0.1, 0.15) is 5.82 Å². The Hall–Kier alpha value is -2.35. The van der Waals surface area contributed by atoms with Crippen molar-refractivity contribution in [3.63, 3.8) is 0 Å². The second-order valence-electron chi connectivity index (χ2n) is 4.37. The van der Waals surface area contributed by atoms with Crippen LogP contribution in [0.4, 0.5) is 24.9 Å². The van der Waals surface area contributed by atoms with E-state index in [0.29, 0.717) is 11.5 Å². The lowest BCUT2D eigenvalue weighted by Crippen LogP contribution is -2.14. The van der Waals surface area contributed by atoms with Gasteiger partial charge in [-0.25, -0.2) is 10.8 Å². The van der Waals surface area contributed by atoms with Crippen LogP contribution in [0.15, 0.2) is 30.3 Å². The molecule has 0 amide bonds. The Morgan fingerprint density at radius 3 is 2.57 bits per heavy atom. The largest absolute Gasteiger partial charge is 0.416 e. The highest BCUT2D eigenvalue weighted by molar-refractivity contribution is 5.43. The molecule has 0 saturated carbocycles. The summed E-state index contributed by atoms with van der Waals surface area (Å²) in [5.41, 5.74) is 2.42. The number of benzene rings is 1. The third-order valence-corrected chi connectivity index (χ3v) is 2.77. The topological polar surface area (TPSA) is 75.9 Å². The van der Waals surface area contributed by atoms with E-state index in [1.165, 1.54) is 12.1 Å². The Kier molecular flexibility index (Phi) is 4.27. The highest BCUT2D eigenvalue weighted by atomic mass is 19.4. The van der Waals surface area contributed by atoms with E-state index in [1.807, 2.05) is 0 Å². The fraction of sp³-hybridized carbons (Fsp3) is 0.231. The molecule has 1 aromatic carbocycles. The first-order valence-electron chi connectivity index (χ1n) is 6.11. The molecule has 0 spiro atoms. The van der Waals surface area contributed by atoms with Crippen LogP contribution in [0.25, 0.3) is 0 Å². The number of anilines is 2. The minimum Gasteiger partial charge on any atom is -0.366 e. The quantitative estimate of drug-likeness (QED) is 0.597. The van der Waals surface area contributed by atoms with Crippen LogP contribution in [0, 0.1) is 6.92 Å². The van der Waals surface area contributed by atoms with Crippen LogP contribution in [0.1, 0.15) is 16.8 Å². The fourth-order valence-corrected chi connectivity index (χ4v) is 1.86. The van der Waals surface area contributed by atoms with Crippen molar-refractivity contribution in [3.8, 4) is 0 Å². The minimum absolute atomic E-state index is 0.00382. The Balaban J connectivity index is 2.19. The molecule has 0 aliphatic carbocycles. The molecule has 2 rings (SSSR count). The highest BCUT2D eigenvalue weighted by Crippen LogP contribution is 2.32. The smallest absolute Gasteiger partial charge is 0.366 e. The van der Waals surface area contributed by atoms with Gasteiger partial charge in [0.15, 0.2) is 0 Å². The van der Waals surface area contributed by atoms with Gasteiger partial charge in [-0.1, -0.05) is 18.2 Å². The zero-order valence-electron chi connectivity index (χ0n) is 11.2. The maximum Gasteiger partial charge on any atom is 0.416 e. The molecule has 0 aliphatic heterocycles. The number of aryl methyl sites for hydroxylation is 1. The van der Waals surface area contributed by atoms with Gasteiger partial charge in [0.2, 0.25) is 5.95 Å². The summed E-state index contributed by atoms with van der Waals surface area (Å²) in [5, 5.41) is 2.84. The Morgan fingerprint density at radius 2 is 1.90 bits per heavy atom. The molecule has 1 aromatic heterocycles. The lowest BCUT2D eigenvalue weighted by atomic mass is 10.1. The van der Waals surface area contributed by atoms with E-state index < -0.39 is 11.7 Å². The molecular formula is C13H14F3N5. The summed E-state index contributed by atoms with van der Waals surface area (Å²) in [6.45, 7) is 1.73. The summed E-state index contributed by atoms with van der Waals surface area (Å²) < 4.78 is 38.6. The van der Waals surface area contributed by atoms with Gasteiger partial charge in [0.25, 0.3) is 0 Å². The minimum atomic E-state index is -4.39. The van der Waals surface area contributed by atoms with E-state index in [4.69, 9.17) is 5.84 Å². The van der Waals surface area contributed by atoms with Crippen molar-refractivity contribution in [1.82, 2.24) is 9.97 Å². The number of hydrazine groups is 1. The molecule has 5 nitrogen and oxygen atoms in total. The van der Waals surface area contributed by atoms with E-state index in [1.54, 1.807) is 19.1 Å². The van der Waals surface area contributed by atoms with Gasteiger partial charge in [-0.2, -0.15) is 18.2 Å². The average molecular weight is 297 g/mol. The summed E-state index contributed by atoms with van der Waals surface area (Å²) in [6, 6.07) is 7.01. The van der Waals surface area contributed by atoms with Crippen molar-refractivity contribution < 1.29 is 13.2 Å². The van der Waals surface area contributed by atoms with Gasteiger partial charge in [0, 0.05) is 18.3 Å². The van der Waals surface area contributed by atoms with Crippen LogP contribution in [-0.2, 0) is 12.7 Å². The molecular weight excluding hydrogens is 283 g/mol. The summed E-state index contributed by atoms with van der Waals surface area (Å²) in [7, 11) is 0. The number of nitrogens with one attached hydrogen (secondary N) is 2. The molecule has 0 bridgehead atoms. The summed E-state index contributed by atoms with van der Waals surface area (Å²) in [6.07, 6.45) is -4.39. The SMILES string of the molecule is Cc1cc(NCc2ccccc2C(F)(F)F)nc(NN)n1. The first-order valence-corrected chi connectivity index (χ1v) is 6.11. The molecule has 21 heavy (non-hydrogen) atoms. The zero-order valence-corrected chi connectivity index (χ0v) is 11.2. The second kappa shape index (κ2) is 5.96. The van der Waals surface area contributed by atoms with Gasteiger partial charge in [-0.15, -0.1) is 0 Å². The third-order valence-electron chi connectivity index (χ3n) is 2.77. The molecule has 4 N–H and O–H groups in total. The van der Waals surface area contributed by atoms with Crippen LogP contribution in [0.2, 0.25) is 0 Å². The molecule has 0 saturated heterocycles. The summed E-state index contributed by atoms with van der Waals surface area (Å²) in [4.78, 5) is 8.02. The predicted octanol–water partition coefficient (Wildman–Crippen LogP) is 2.70. The van der Waals surface area contributed by atoms with Crippen LogP contribution >= 0.6 is 0 Å². The van der Waals surface area contributed by atoms with E-state index in [0.717, 1.165) is 6.07 Å². The number of aromatic nitrogens is 2. The Labute approximate surface area is 119 Å². The lowest BCUT2D eigenvalue weighted by Gasteiger charge is -2.14. The van der Waals surface area contributed by atoms with Crippen molar-refractivity contribution in [2.45, 2.75) is 19.6 Å². The average Bonchev–Trinajstić information content (AvgIpc) is 2.44. The molecule has 0 fully saturated rings. The second-order valence-corrected chi connectivity index (χ2v) is 4.37. The number of nitrogens with two attached hydrogens (primary N) is 1. The molecule has 112 valence electrons. The normalized spacial score (nSPS) is 11.3. The van der Waals surface area contributed by atoms with Crippen molar-refractivity contribution in [3.05, 3.63) is 47.2 Å². The van der Waals surface area contributed by atoms with Gasteiger partial charge in [0.05, 0.1) is 5.56 Å². The fourth-order valence-electron chi connectivity index (χ4n) is 1.86. The number of alkyl halides is 3. The number of nitrogen functional groups attached to an aromatic ring is 1. The molecule has 1 heterocycles. The standard InChI is InChI=1S/C13H14F3N5/c1-8-6-11(20-12(19-8)21-17)18-7-9-4-2-3-5-10(9)13(14,15)16/h2-6H,7,17H2,1H3,(H2,18,19,20,21). The summed E-state index contributed by atoms with van der Waals surface area (Å²) >= 11 is 0. The van der Waals surface area contributed by atoms with E-state index >= 15 is 0 Å². The zero-order chi connectivity index (χ0) is 15.5. The predicted molar refractivity (Wildman–Crippen MR) is 73.3 cm³/mol. The van der Waals surface area contributed by atoms with E-state index in [2.05, 4.69) is 20.7 Å². The number of halogens is 3. The van der Waals surface area contributed by atoms with E-state index in [-0.39, 0.29) is 18.1 Å². The van der Waals surface area contributed by atoms with Crippen molar-refractivity contribution in [2.75, 3.05) is 10.7 Å². The van der Waals surface area contributed by atoms with Crippen molar-refractivity contribution >= 4 is 11.8 Å². The molecule has 0 radical (unpaired) electrons. The molecule has 2 aromatic rings. The van der Waals surface area contributed by atoms with Crippen LogP contribution in [0.3, 0.4) is 0 Å². The van der Waals surface area contributed by atoms with E-state index in [9.17, 15) is 13.2 Å². The van der Waals surface area contributed by atoms with Gasteiger partial charge in [-0.3, -0.25) is 5.43 Å². The molecule has 0 atom stereocenters. The molecule has 0 unspecified atom stereocenters. The summed E-state index contributed by atoms with van der Waals surface area (Å²) in [5.74, 6) is 5.82. The first-order chi connectivity index (χ1) is 9.90. The van der Waals surface area contributed by atoms with Crippen LogP contribution in [0.5, 0.6) is 0 Å². The molecule has 8 heteroatoms. The third kappa shape index (κ3) is 3.82. The maximum atomic E-state index is 12.9. The monoisotopic (exact) mass is 297 g/mol. The number of nitrogens with zero attached hydrogens (tertiary/aromatic N) is 2. The van der Waals surface area contributed by atoms with Gasteiger partial charge < -0.3 is 5.32 Å². The number of hydrogen-bond acceptors (Lipinski definition) is 5. The Bertz CT molecular complexity index is 627. The van der Waals surface area contributed by atoms with Crippen LogP contribution in [-0.4, -0.2) is 9.97 Å². The van der Waals surface area contributed by atoms with Gasteiger partial charge in [-0.05, 0) is 18.6 Å². The molecule has 0 aliphatic rings.